The first kappa shape index (κ1) is 15.9. The molecule has 4 nitrogen and oxygen atoms in total. The van der Waals surface area contributed by atoms with Gasteiger partial charge in [0, 0.05) is 6.54 Å². The van der Waals surface area contributed by atoms with Gasteiger partial charge in [-0.3, -0.25) is 0 Å². The third-order valence-electron chi connectivity index (χ3n) is 3.87. The van der Waals surface area contributed by atoms with E-state index in [0.29, 0.717) is 6.54 Å². The Hall–Kier alpha value is -0.130. The van der Waals surface area contributed by atoms with Crippen LogP contribution in [0.4, 0.5) is 0 Å². The van der Waals surface area contributed by atoms with E-state index in [0.717, 1.165) is 32.2 Å². The summed E-state index contributed by atoms with van der Waals surface area (Å²) in [5, 5.41) is 3.03. The van der Waals surface area contributed by atoms with Crippen LogP contribution in [0, 0.1) is 5.41 Å². The normalized spacial score (nSPS) is 19.9. The van der Waals surface area contributed by atoms with Gasteiger partial charge in [0.15, 0.2) is 0 Å². The topological polar surface area (TPSA) is 58.2 Å². The highest BCUT2D eigenvalue weighted by atomic mass is 32.2. The molecule has 1 aliphatic rings. The minimum absolute atomic E-state index is 0.177. The van der Waals surface area contributed by atoms with Crippen molar-refractivity contribution in [2.24, 2.45) is 5.41 Å². The van der Waals surface area contributed by atoms with Crippen molar-refractivity contribution in [2.75, 3.05) is 25.9 Å². The molecule has 0 aromatic rings. The fraction of sp³-hybridized carbons (Fsp3) is 1.00. The van der Waals surface area contributed by atoms with Crippen molar-refractivity contribution in [3.05, 3.63) is 0 Å². The second-order valence-corrected chi connectivity index (χ2v) is 7.75. The highest BCUT2D eigenvalue weighted by molar-refractivity contribution is 7.89. The van der Waals surface area contributed by atoms with Crippen molar-refractivity contribution in [3.63, 3.8) is 0 Å². The van der Waals surface area contributed by atoms with Gasteiger partial charge in [0.05, 0.1) is 5.75 Å². The summed E-state index contributed by atoms with van der Waals surface area (Å²) in [5.74, 6) is 0.255. The molecule has 0 amide bonds. The SMILES string of the molecule is CNCCCCS(=O)(=O)NCC1(C)CCCCC1. The van der Waals surface area contributed by atoms with Gasteiger partial charge in [0.2, 0.25) is 10.0 Å². The molecule has 108 valence electrons. The van der Waals surface area contributed by atoms with Crippen LogP contribution in [0.5, 0.6) is 0 Å². The molecule has 0 unspecified atom stereocenters. The van der Waals surface area contributed by atoms with Crippen LogP contribution < -0.4 is 10.0 Å². The van der Waals surface area contributed by atoms with Crippen molar-refractivity contribution in [3.8, 4) is 0 Å². The van der Waals surface area contributed by atoms with Crippen LogP contribution in [0.1, 0.15) is 51.9 Å². The maximum Gasteiger partial charge on any atom is 0.211 e. The van der Waals surface area contributed by atoms with Crippen molar-refractivity contribution in [1.82, 2.24) is 10.0 Å². The van der Waals surface area contributed by atoms with E-state index in [1.807, 2.05) is 7.05 Å². The molecule has 0 bridgehead atoms. The molecule has 1 fully saturated rings. The Labute approximate surface area is 112 Å². The van der Waals surface area contributed by atoms with Gasteiger partial charge in [0.1, 0.15) is 0 Å². The smallest absolute Gasteiger partial charge is 0.211 e. The van der Waals surface area contributed by atoms with Gasteiger partial charge in [-0.1, -0.05) is 26.2 Å². The van der Waals surface area contributed by atoms with Crippen molar-refractivity contribution in [2.45, 2.75) is 51.9 Å². The first-order chi connectivity index (χ1) is 8.47. The predicted molar refractivity (Wildman–Crippen MR) is 76.1 cm³/mol. The van der Waals surface area contributed by atoms with Crippen LogP contribution in [0.3, 0.4) is 0 Å². The van der Waals surface area contributed by atoms with Gasteiger partial charge in [-0.25, -0.2) is 13.1 Å². The summed E-state index contributed by atoms with van der Waals surface area (Å²) in [6.07, 6.45) is 7.71. The molecular weight excluding hydrogens is 248 g/mol. The molecule has 0 aromatic heterocycles. The molecule has 1 aliphatic carbocycles. The second-order valence-electron chi connectivity index (χ2n) is 5.82. The highest BCUT2D eigenvalue weighted by Crippen LogP contribution is 2.35. The Morgan fingerprint density at radius 1 is 1.11 bits per heavy atom. The Bertz CT molecular complexity index is 322. The number of unbranched alkanes of at least 4 members (excludes halogenated alkanes) is 1. The summed E-state index contributed by atoms with van der Waals surface area (Å²) < 4.78 is 26.5. The zero-order valence-electron chi connectivity index (χ0n) is 11.8. The number of sulfonamides is 1. The first-order valence-electron chi connectivity index (χ1n) is 7.09. The van der Waals surface area contributed by atoms with E-state index in [1.165, 1.54) is 19.3 Å². The first-order valence-corrected chi connectivity index (χ1v) is 8.75. The highest BCUT2D eigenvalue weighted by Gasteiger charge is 2.28. The largest absolute Gasteiger partial charge is 0.320 e. The lowest BCUT2D eigenvalue weighted by Crippen LogP contribution is -2.38. The van der Waals surface area contributed by atoms with Gasteiger partial charge in [-0.05, 0) is 44.7 Å². The average Bonchev–Trinajstić information content (AvgIpc) is 2.34. The third kappa shape index (κ3) is 6.16. The molecule has 0 spiro atoms. The Balaban J connectivity index is 2.27. The average molecular weight is 276 g/mol. The lowest BCUT2D eigenvalue weighted by atomic mass is 9.76. The van der Waals surface area contributed by atoms with Crippen LogP contribution in [0.2, 0.25) is 0 Å². The Morgan fingerprint density at radius 2 is 1.78 bits per heavy atom. The summed E-state index contributed by atoms with van der Waals surface area (Å²) >= 11 is 0. The van der Waals surface area contributed by atoms with Gasteiger partial charge in [-0.15, -0.1) is 0 Å². The van der Waals surface area contributed by atoms with E-state index < -0.39 is 10.0 Å². The summed E-state index contributed by atoms with van der Waals surface area (Å²) in [4.78, 5) is 0. The van der Waals surface area contributed by atoms with E-state index in [2.05, 4.69) is 17.0 Å². The molecule has 0 aromatic carbocycles. The van der Waals surface area contributed by atoms with Gasteiger partial charge in [0.25, 0.3) is 0 Å². The van der Waals surface area contributed by atoms with Crippen LogP contribution in [-0.2, 0) is 10.0 Å². The quantitative estimate of drug-likeness (QED) is 0.666. The minimum atomic E-state index is -3.08. The van der Waals surface area contributed by atoms with Gasteiger partial charge >= 0.3 is 0 Å². The minimum Gasteiger partial charge on any atom is -0.320 e. The molecule has 1 saturated carbocycles. The second kappa shape index (κ2) is 7.46. The predicted octanol–water partition coefficient (Wildman–Crippen LogP) is 1.88. The van der Waals surface area contributed by atoms with Crippen LogP contribution in [0.25, 0.3) is 0 Å². The van der Waals surface area contributed by atoms with Gasteiger partial charge < -0.3 is 5.32 Å². The van der Waals surface area contributed by atoms with Crippen molar-refractivity contribution in [1.29, 1.82) is 0 Å². The maximum absolute atomic E-state index is 11.8. The molecule has 0 heterocycles. The molecule has 5 heteroatoms. The number of hydrogen-bond donors (Lipinski definition) is 2. The summed E-state index contributed by atoms with van der Waals surface area (Å²) in [6, 6.07) is 0. The molecule has 0 atom stereocenters. The van der Waals surface area contributed by atoms with E-state index >= 15 is 0 Å². The fourth-order valence-electron chi connectivity index (χ4n) is 2.53. The maximum atomic E-state index is 11.8. The van der Waals surface area contributed by atoms with Crippen LogP contribution >= 0.6 is 0 Å². The van der Waals surface area contributed by atoms with E-state index in [-0.39, 0.29) is 11.2 Å². The number of nitrogens with one attached hydrogen (secondary N) is 2. The third-order valence-corrected chi connectivity index (χ3v) is 5.28. The van der Waals surface area contributed by atoms with Crippen LogP contribution in [0.15, 0.2) is 0 Å². The zero-order chi connectivity index (χ0) is 13.5. The molecule has 0 radical (unpaired) electrons. The van der Waals surface area contributed by atoms with E-state index in [4.69, 9.17) is 0 Å². The Morgan fingerprint density at radius 3 is 2.39 bits per heavy atom. The fourth-order valence-corrected chi connectivity index (χ4v) is 3.83. The molecular formula is C13H28N2O2S. The number of rotatable bonds is 8. The zero-order valence-corrected chi connectivity index (χ0v) is 12.6. The molecule has 1 rings (SSSR count). The summed E-state index contributed by atoms with van der Waals surface area (Å²) in [5.41, 5.74) is 0.177. The van der Waals surface area contributed by atoms with E-state index in [1.54, 1.807) is 0 Å². The molecule has 18 heavy (non-hydrogen) atoms. The Kier molecular flexibility index (Phi) is 6.60. The lowest BCUT2D eigenvalue weighted by molar-refractivity contribution is 0.219. The van der Waals surface area contributed by atoms with Gasteiger partial charge in [-0.2, -0.15) is 0 Å². The molecule has 0 saturated heterocycles. The summed E-state index contributed by atoms with van der Waals surface area (Å²) in [7, 11) is -1.19. The van der Waals surface area contributed by atoms with Crippen molar-refractivity contribution < 1.29 is 8.42 Å². The molecule has 2 N–H and O–H groups in total. The lowest BCUT2D eigenvalue weighted by Gasteiger charge is -2.33. The molecule has 0 aliphatic heterocycles. The van der Waals surface area contributed by atoms with E-state index in [9.17, 15) is 8.42 Å². The standard InChI is InChI=1S/C13H28N2O2S/c1-13(8-4-3-5-9-13)12-15-18(16,17)11-7-6-10-14-2/h14-15H,3-12H2,1-2H3. The van der Waals surface area contributed by atoms with Crippen LogP contribution in [-0.4, -0.2) is 34.3 Å². The number of hydrogen-bond acceptors (Lipinski definition) is 3. The summed E-state index contributed by atoms with van der Waals surface area (Å²) in [6.45, 7) is 3.70. The monoisotopic (exact) mass is 276 g/mol. The van der Waals surface area contributed by atoms with Crippen molar-refractivity contribution >= 4 is 10.0 Å².